The van der Waals surface area contributed by atoms with E-state index >= 15 is 0 Å². The summed E-state index contributed by atoms with van der Waals surface area (Å²) in [6.07, 6.45) is 5.81. The summed E-state index contributed by atoms with van der Waals surface area (Å²) < 4.78 is 35.6. The number of benzene rings is 2. The minimum atomic E-state index is -4.18. The van der Waals surface area contributed by atoms with Crippen LogP contribution in [0.25, 0.3) is 5.70 Å². The zero-order valence-electron chi connectivity index (χ0n) is 20.6. The lowest BCUT2D eigenvalue weighted by Gasteiger charge is -2.33. The number of ether oxygens (including phenoxy) is 1. The summed E-state index contributed by atoms with van der Waals surface area (Å²) in [5.74, 6) is -0.685. The van der Waals surface area contributed by atoms with Crippen LogP contribution < -0.4 is 10.1 Å². The molecule has 2 N–H and O–H groups in total. The monoisotopic (exact) mass is 577 g/mol. The number of rotatable bonds is 7. The largest absolute Gasteiger partial charge is 0.487 e. The van der Waals surface area contributed by atoms with Crippen LogP contribution in [0, 0.1) is 0 Å². The van der Waals surface area contributed by atoms with Gasteiger partial charge in [-0.3, -0.25) is 4.79 Å². The van der Waals surface area contributed by atoms with Gasteiger partial charge in [0.15, 0.2) is 0 Å². The summed E-state index contributed by atoms with van der Waals surface area (Å²) in [5.41, 5.74) is 2.24. The van der Waals surface area contributed by atoms with Gasteiger partial charge in [-0.2, -0.15) is 9.40 Å². The quantitative estimate of drug-likeness (QED) is 0.420. The van der Waals surface area contributed by atoms with Crippen LogP contribution in [0.4, 0.5) is 5.69 Å². The van der Waals surface area contributed by atoms with Crippen LogP contribution >= 0.6 is 23.2 Å². The molecule has 1 aromatic heterocycles. The third kappa shape index (κ3) is 4.75. The third-order valence-corrected chi connectivity index (χ3v) is 9.36. The number of hydrogen-bond acceptors (Lipinski definition) is 7. The van der Waals surface area contributed by atoms with Gasteiger partial charge in [-0.05, 0) is 51.0 Å². The molecule has 3 heterocycles. The fourth-order valence-corrected chi connectivity index (χ4v) is 7.27. The Morgan fingerprint density at radius 1 is 1.26 bits per heavy atom. The van der Waals surface area contributed by atoms with Gasteiger partial charge in [-0.1, -0.05) is 35.3 Å². The number of nitrogens with one attached hydrogen (secondary N) is 1. The van der Waals surface area contributed by atoms with E-state index in [-0.39, 0.29) is 40.1 Å². The predicted molar refractivity (Wildman–Crippen MR) is 143 cm³/mol. The molecule has 38 heavy (non-hydrogen) atoms. The number of sulfonamides is 1. The standard InChI is InChI=1S/C25H25Cl2N5O5S/c1-25(2)11-19(31-14-28-13-29-31)15-5-3-7-20(23(15)30-25)37-12-16-17(26)8-9-21(22(16)27)38(35,36)32-10-4-6-18(32)24(33)34/h3,5,7-9,11,13-14,18,30H,4,6,10,12H2,1-2H3,(H,33,34)/t18-/m0/s1. The highest BCUT2D eigenvalue weighted by Crippen LogP contribution is 2.41. The van der Waals surface area contributed by atoms with E-state index < -0.39 is 27.6 Å². The van der Waals surface area contributed by atoms with Crippen molar-refractivity contribution in [3.05, 3.63) is 70.2 Å². The third-order valence-electron chi connectivity index (χ3n) is 6.51. The number of nitrogens with zero attached hydrogens (tertiary/aromatic N) is 4. The van der Waals surface area contributed by atoms with E-state index in [9.17, 15) is 18.3 Å². The normalized spacial score (nSPS) is 18.9. The van der Waals surface area contributed by atoms with Crippen LogP contribution in [0.2, 0.25) is 10.0 Å². The fraction of sp³-hybridized carbons (Fsp3) is 0.320. The number of aliphatic carboxylic acids is 1. The summed E-state index contributed by atoms with van der Waals surface area (Å²) in [7, 11) is -4.18. The fourth-order valence-electron chi connectivity index (χ4n) is 4.75. The second kappa shape index (κ2) is 9.88. The first-order chi connectivity index (χ1) is 18.0. The van der Waals surface area contributed by atoms with Gasteiger partial charge in [-0.25, -0.2) is 18.1 Å². The van der Waals surface area contributed by atoms with Crippen molar-refractivity contribution in [2.24, 2.45) is 0 Å². The van der Waals surface area contributed by atoms with E-state index in [0.717, 1.165) is 21.3 Å². The number of carboxylic acid groups (broad SMARTS) is 1. The molecule has 0 saturated carbocycles. The van der Waals surface area contributed by atoms with E-state index in [0.29, 0.717) is 12.2 Å². The minimum Gasteiger partial charge on any atom is -0.487 e. The zero-order chi connectivity index (χ0) is 27.2. The predicted octanol–water partition coefficient (Wildman–Crippen LogP) is 4.49. The molecule has 2 aromatic carbocycles. The molecule has 2 aliphatic heterocycles. The molecule has 1 saturated heterocycles. The van der Waals surface area contributed by atoms with Crippen LogP contribution in [0.15, 0.2) is 54.0 Å². The van der Waals surface area contributed by atoms with E-state index in [2.05, 4.69) is 15.4 Å². The Bertz CT molecular complexity index is 1540. The number of halogens is 2. The Balaban J connectivity index is 1.48. The highest BCUT2D eigenvalue weighted by Gasteiger charge is 2.40. The Morgan fingerprint density at radius 2 is 2.05 bits per heavy atom. The van der Waals surface area contributed by atoms with Gasteiger partial charge < -0.3 is 15.2 Å². The molecule has 13 heteroatoms. The molecule has 200 valence electrons. The first-order valence-corrected chi connectivity index (χ1v) is 14.0. The maximum atomic E-state index is 13.4. The number of aromatic nitrogens is 3. The summed E-state index contributed by atoms with van der Waals surface area (Å²) in [5, 5.41) is 17.3. The number of carbonyl (C=O) groups is 1. The first-order valence-electron chi connectivity index (χ1n) is 11.8. The Labute approximate surface area is 229 Å². The van der Waals surface area contributed by atoms with Crippen LogP contribution in [0.1, 0.15) is 37.8 Å². The lowest BCUT2D eigenvalue weighted by molar-refractivity contribution is -0.140. The van der Waals surface area contributed by atoms with Gasteiger partial charge in [0.05, 0.1) is 21.9 Å². The first kappa shape index (κ1) is 26.5. The molecule has 0 amide bonds. The van der Waals surface area contributed by atoms with Gasteiger partial charge in [-0.15, -0.1) is 0 Å². The summed E-state index contributed by atoms with van der Waals surface area (Å²) in [6, 6.07) is 7.14. The Morgan fingerprint density at radius 3 is 2.76 bits per heavy atom. The van der Waals surface area contributed by atoms with Gasteiger partial charge in [0.2, 0.25) is 10.0 Å². The van der Waals surface area contributed by atoms with Crippen molar-refractivity contribution in [2.75, 3.05) is 11.9 Å². The summed E-state index contributed by atoms with van der Waals surface area (Å²) in [4.78, 5) is 15.5. The van der Waals surface area contributed by atoms with E-state index in [4.69, 9.17) is 27.9 Å². The molecule has 1 atom stereocenters. The van der Waals surface area contributed by atoms with Crippen molar-refractivity contribution in [3.63, 3.8) is 0 Å². The molecule has 3 aromatic rings. The molecule has 2 aliphatic rings. The molecule has 0 radical (unpaired) electrons. The number of fused-ring (bicyclic) bond motifs is 1. The van der Waals surface area contributed by atoms with Crippen molar-refractivity contribution < 1.29 is 23.1 Å². The molecule has 1 fully saturated rings. The number of carboxylic acids is 1. The topological polar surface area (TPSA) is 127 Å². The molecule has 0 bridgehead atoms. The highest BCUT2D eigenvalue weighted by atomic mass is 35.5. The van der Waals surface area contributed by atoms with Crippen LogP contribution in [-0.4, -0.2) is 56.7 Å². The molecule has 10 nitrogen and oxygen atoms in total. The maximum Gasteiger partial charge on any atom is 0.322 e. The number of hydrogen-bond donors (Lipinski definition) is 2. The van der Waals surface area contributed by atoms with Crippen molar-refractivity contribution in [1.29, 1.82) is 0 Å². The molecule has 0 aliphatic carbocycles. The van der Waals surface area contributed by atoms with E-state index in [1.807, 2.05) is 32.1 Å². The molecule has 0 spiro atoms. The van der Waals surface area contributed by atoms with Gasteiger partial charge >= 0.3 is 5.97 Å². The van der Waals surface area contributed by atoms with E-state index in [1.165, 1.54) is 18.5 Å². The van der Waals surface area contributed by atoms with E-state index in [1.54, 1.807) is 17.1 Å². The summed E-state index contributed by atoms with van der Waals surface area (Å²) >= 11 is 13.0. The molecule has 5 rings (SSSR count). The highest BCUT2D eigenvalue weighted by molar-refractivity contribution is 7.89. The van der Waals surface area contributed by atoms with Gasteiger partial charge in [0.25, 0.3) is 0 Å². The average Bonchev–Trinajstić information content (AvgIpc) is 3.56. The Hall–Kier alpha value is -3.12. The van der Waals surface area contributed by atoms with Gasteiger partial charge in [0.1, 0.15) is 35.9 Å². The van der Waals surface area contributed by atoms with Crippen molar-refractivity contribution in [3.8, 4) is 5.75 Å². The minimum absolute atomic E-state index is 0.101. The van der Waals surface area contributed by atoms with Crippen molar-refractivity contribution in [1.82, 2.24) is 19.1 Å². The van der Waals surface area contributed by atoms with Crippen LogP contribution in [-0.2, 0) is 21.4 Å². The molecule has 0 unspecified atom stereocenters. The average molecular weight is 578 g/mol. The lowest BCUT2D eigenvalue weighted by Crippen LogP contribution is -2.40. The molecular weight excluding hydrogens is 553 g/mol. The second-order valence-electron chi connectivity index (χ2n) is 9.63. The zero-order valence-corrected chi connectivity index (χ0v) is 22.9. The number of para-hydroxylation sites is 1. The smallest absolute Gasteiger partial charge is 0.322 e. The molecular formula is C25H25Cl2N5O5S. The second-order valence-corrected chi connectivity index (χ2v) is 12.3. The SMILES string of the molecule is CC1(C)C=C(n2cncn2)c2cccc(OCc3c(Cl)ccc(S(=O)(=O)N4CCC[C@H]4C(=O)O)c3Cl)c2N1. The Kier molecular flexibility index (Phi) is 6.89. The van der Waals surface area contributed by atoms with Crippen LogP contribution in [0.3, 0.4) is 0 Å². The summed E-state index contributed by atoms with van der Waals surface area (Å²) in [6.45, 7) is 4.00. The van der Waals surface area contributed by atoms with Crippen molar-refractivity contribution >= 4 is 50.6 Å². The van der Waals surface area contributed by atoms with Crippen molar-refractivity contribution in [2.45, 2.75) is 49.8 Å². The lowest BCUT2D eigenvalue weighted by atomic mass is 9.94. The van der Waals surface area contributed by atoms with Gasteiger partial charge in [0, 0.05) is 22.7 Å². The maximum absolute atomic E-state index is 13.4. The van der Waals surface area contributed by atoms with Crippen LogP contribution in [0.5, 0.6) is 5.75 Å². The number of anilines is 1.